The van der Waals surface area contributed by atoms with Crippen molar-refractivity contribution < 1.29 is 29.0 Å². The van der Waals surface area contributed by atoms with Crippen LogP contribution in [0.5, 0.6) is 5.75 Å². The lowest BCUT2D eigenvalue weighted by atomic mass is 10.1. The fourth-order valence-electron chi connectivity index (χ4n) is 2.06. The number of nitrogens with zero attached hydrogens (tertiary/aromatic N) is 1. The lowest BCUT2D eigenvalue weighted by Gasteiger charge is -2.25. The molecule has 0 aliphatic rings. The monoisotopic (exact) mass is 366 g/mol. The lowest BCUT2D eigenvalue weighted by Crippen LogP contribution is -2.48. The molecule has 0 radical (unpaired) electrons. The molecule has 144 valence electrons. The van der Waals surface area contributed by atoms with Gasteiger partial charge in [0.25, 0.3) is 0 Å². The van der Waals surface area contributed by atoms with E-state index < -0.39 is 29.6 Å². The van der Waals surface area contributed by atoms with Gasteiger partial charge in [-0.25, -0.2) is 9.59 Å². The fourth-order valence-corrected chi connectivity index (χ4v) is 2.06. The van der Waals surface area contributed by atoms with Gasteiger partial charge in [0, 0.05) is 13.5 Å². The summed E-state index contributed by atoms with van der Waals surface area (Å²) in [5, 5.41) is 11.9. The molecule has 0 aromatic heterocycles. The molecule has 0 heterocycles. The van der Waals surface area contributed by atoms with Crippen molar-refractivity contribution in [3.05, 3.63) is 29.8 Å². The van der Waals surface area contributed by atoms with Gasteiger partial charge in [-0.1, -0.05) is 12.1 Å². The number of hydrogen-bond donors (Lipinski definition) is 2. The Morgan fingerprint density at radius 2 is 1.77 bits per heavy atom. The zero-order chi connectivity index (χ0) is 19.9. The van der Waals surface area contributed by atoms with Crippen LogP contribution >= 0.6 is 0 Å². The molecule has 8 heteroatoms. The summed E-state index contributed by atoms with van der Waals surface area (Å²) in [6.45, 7) is 4.91. The molecule has 0 fully saturated rings. The third-order valence-electron chi connectivity index (χ3n) is 3.28. The highest BCUT2D eigenvalue weighted by atomic mass is 16.6. The molecule has 0 spiro atoms. The third kappa shape index (κ3) is 7.42. The fraction of sp³-hybridized carbons (Fsp3) is 0.500. The molecule has 2 amide bonds. The molecular weight excluding hydrogens is 340 g/mol. The Kier molecular flexibility index (Phi) is 7.42. The van der Waals surface area contributed by atoms with Crippen molar-refractivity contribution in [2.75, 3.05) is 20.7 Å². The van der Waals surface area contributed by atoms with Crippen molar-refractivity contribution in [3.63, 3.8) is 0 Å². The molecule has 0 aliphatic carbocycles. The van der Waals surface area contributed by atoms with E-state index in [1.54, 1.807) is 32.9 Å². The van der Waals surface area contributed by atoms with Gasteiger partial charge in [-0.3, -0.25) is 4.79 Å². The van der Waals surface area contributed by atoms with E-state index in [9.17, 15) is 19.5 Å². The first-order chi connectivity index (χ1) is 12.0. The van der Waals surface area contributed by atoms with Crippen LogP contribution in [-0.2, 0) is 25.5 Å². The number of carbonyl (C=O) groups excluding carboxylic acids is 3. The van der Waals surface area contributed by atoms with Crippen LogP contribution in [0.25, 0.3) is 0 Å². The smallest absolute Gasteiger partial charge is 0.410 e. The molecule has 0 saturated carbocycles. The van der Waals surface area contributed by atoms with Gasteiger partial charge in [0.15, 0.2) is 0 Å². The van der Waals surface area contributed by atoms with Crippen LogP contribution in [-0.4, -0.2) is 60.3 Å². The predicted molar refractivity (Wildman–Crippen MR) is 94.6 cm³/mol. The van der Waals surface area contributed by atoms with Gasteiger partial charge in [0.2, 0.25) is 5.91 Å². The summed E-state index contributed by atoms with van der Waals surface area (Å²) < 4.78 is 9.89. The minimum atomic E-state index is -0.913. The van der Waals surface area contributed by atoms with E-state index in [0.717, 1.165) is 10.5 Å². The van der Waals surface area contributed by atoms with Crippen LogP contribution in [0, 0.1) is 0 Å². The van der Waals surface area contributed by atoms with Gasteiger partial charge in [0.1, 0.15) is 23.9 Å². The molecule has 0 unspecified atom stereocenters. The van der Waals surface area contributed by atoms with Gasteiger partial charge in [-0.15, -0.1) is 0 Å². The zero-order valence-corrected chi connectivity index (χ0v) is 15.7. The Morgan fingerprint density at radius 3 is 2.27 bits per heavy atom. The highest BCUT2D eigenvalue weighted by molar-refractivity contribution is 5.87. The van der Waals surface area contributed by atoms with Gasteiger partial charge < -0.3 is 24.8 Å². The first kappa shape index (κ1) is 21.3. The molecule has 0 saturated heterocycles. The van der Waals surface area contributed by atoms with E-state index in [4.69, 9.17) is 9.47 Å². The number of hydrogen-bond acceptors (Lipinski definition) is 6. The molecule has 1 aromatic carbocycles. The van der Waals surface area contributed by atoms with Crippen LogP contribution in [0.15, 0.2) is 24.3 Å². The van der Waals surface area contributed by atoms with Crippen LogP contribution < -0.4 is 5.32 Å². The predicted octanol–water partition coefficient (Wildman–Crippen LogP) is 1.46. The van der Waals surface area contributed by atoms with Crippen molar-refractivity contribution in [1.82, 2.24) is 10.2 Å². The minimum Gasteiger partial charge on any atom is -0.508 e. The second-order valence-electron chi connectivity index (χ2n) is 6.85. The number of methoxy groups -OCH3 is 1. The number of ether oxygens (including phenoxy) is 2. The first-order valence-electron chi connectivity index (χ1n) is 8.11. The van der Waals surface area contributed by atoms with Crippen LogP contribution in [0.4, 0.5) is 4.79 Å². The third-order valence-corrected chi connectivity index (χ3v) is 3.28. The molecule has 8 nitrogen and oxygen atoms in total. The second-order valence-corrected chi connectivity index (χ2v) is 6.85. The highest BCUT2D eigenvalue weighted by Crippen LogP contribution is 2.12. The lowest BCUT2D eigenvalue weighted by molar-refractivity contribution is -0.145. The van der Waals surface area contributed by atoms with Crippen LogP contribution in [0.1, 0.15) is 26.3 Å². The second kappa shape index (κ2) is 9.07. The van der Waals surface area contributed by atoms with Crippen LogP contribution in [0.3, 0.4) is 0 Å². The number of nitrogens with one attached hydrogen (secondary N) is 1. The van der Waals surface area contributed by atoms with Crippen molar-refractivity contribution in [3.8, 4) is 5.75 Å². The standard InChI is InChI=1S/C18H26N2O6/c1-18(2,3)26-17(24)20(4)11-15(22)19-14(16(23)25-5)10-12-6-8-13(21)9-7-12/h6-9,14,21H,10-11H2,1-5H3,(H,19,22)/t14-/m0/s1. The summed E-state index contributed by atoms with van der Waals surface area (Å²) in [5.74, 6) is -1.02. The van der Waals surface area contributed by atoms with Crippen molar-refractivity contribution in [2.24, 2.45) is 0 Å². The molecular formula is C18H26N2O6. The van der Waals surface area contributed by atoms with Gasteiger partial charge >= 0.3 is 12.1 Å². The van der Waals surface area contributed by atoms with E-state index in [-0.39, 0.29) is 18.7 Å². The van der Waals surface area contributed by atoms with Crippen molar-refractivity contribution in [2.45, 2.75) is 38.8 Å². The molecule has 26 heavy (non-hydrogen) atoms. The normalized spacial score (nSPS) is 12.0. The maximum absolute atomic E-state index is 12.2. The number of amides is 2. The molecule has 1 aromatic rings. The maximum Gasteiger partial charge on any atom is 0.410 e. The summed E-state index contributed by atoms with van der Waals surface area (Å²) >= 11 is 0. The number of aromatic hydroxyl groups is 1. The quantitative estimate of drug-likeness (QED) is 0.739. The molecule has 0 bridgehead atoms. The van der Waals surface area contributed by atoms with E-state index in [2.05, 4.69) is 5.32 Å². The average Bonchev–Trinajstić information content (AvgIpc) is 2.53. The Balaban J connectivity index is 2.69. The maximum atomic E-state index is 12.2. The van der Waals surface area contributed by atoms with Gasteiger partial charge in [-0.05, 0) is 38.5 Å². The number of rotatable bonds is 6. The highest BCUT2D eigenvalue weighted by Gasteiger charge is 2.25. The summed E-state index contributed by atoms with van der Waals surface area (Å²) in [7, 11) is 2.66. The number of likely N-dealkylation sites (N-methyl/N-ethyl adjacent to an activating group) is 1. The van der Waals surface area contributed by atoms with E-state index in [1.165, 1.54) is 26.3 Å². The Morgan fingerprint density at radius 1 is 1.19 bits per heavy atom. The van der Waals surface area contributed by atoms with E-state index >= 15 is 0 Å². The Bertz CT molecular complexity index is 636. The average molecular weight is 366 g/mol. The van der Waals surface area contributed by atoms with E-state index in [1.807, 2.05) is 0 Å². The van der Waals surface area contributed by atoms with Gasteiger partial charge in [0.05, 0.1) is 7.11 Å². The first-order valence-corrected chi connectivity index (χ1v) is 8.11. The Hall–Kier alpha value is -2.77. The number of phenolic OH excluding ortho intramolecular Hbond substituents is 1. The summed E-state index contributed by atoms with van der Waals surface area (Å²) in [6.07, 6.45) is -0.449. The molecule has 0 aliphatic heterocycles. The van der Waals surface area contributed by atoms with Crippen LogP contribution in [0.2, 0.25) is 0 Å². The number of carbonyl (C=O) groups is 3. The van der Waals surface area contributed by atoms with Crippen molar-refractivity contribution in [1.29, 1.82) is 0 Å². The zero-order valence-electron chi connectivity index (χ0n) is 15.7. The number of phenols is 1. The minimum absolute atomic E-state index is 0.103. The SMILES string of the molecule is COC(=O)[C@H](Cc1ccc(O)cc1)NC(=O)CN(C)C(=O)OC(C)(C)C. The Labute approximate surface area is 153 Å². The van der Waals surface area contributed by atoms with Crippen molar-refractivity contribution >= 4 is 18.0 Å². The van der Waals surface area contributed by atoms with E-state index in [0.29, 0.717) is 0 Å². The largest absolute Gasteiger partial charge is 0.508 e. The summed E-state index contributed by atoms with van der Waals surface area (Å²) in [4.78, 5) is 37.1. The number of benzene rings is 1. The molecule has 1 atom stereocenters. The molecule has 2 N–H and O–H groups in total. The summed E-state index contributed by atoms with van der Waals surface area (Å²) in [5.41, 5.74) is 0.0638. The summed E-state index contributed by atoms with van der Waals surface area (Å²) in [6, 6.07) is 5.35. The topological polar surface area (TPSA) is 105 Å². The molecule has 1 rings (SSSR count). The number of esters is 1. The van der Waals surface area contributed by atoms with Gasteiger partial charge in [-0.2, -0.15) is 0 Å².